The number of fused-ring (bicyclic) bond motifs is 1. The van der Waals surface area contributed by atoms with Crippen LogP contribution in [0.2, 0.25) is 0 Å². The van der Waals surface area contributed by atoms with Crippen LogP contribution in [0.5, 0.6) is 0 Å². The molecule has 0 radical (unpaired) electrons. The fourth-order valence-corrected chi connectivity index (χ4v) is 6.95. The molecule has 1 aliphatic carbocycles. The van der Waals surface area contributed by atoms with E-state index in [1.165, 1.54) is 57.3 Å². The fraction of sp³-hybridized carbons (Fsp3) is 0.333. The van der Waals surface area contributed by atoms with Crippen LogP contribution in [0.1, 0.15) is 70.2 Å². The standard InChI is InChI=1S/C36H38O2/c1-25-9-17-29(18-10-25)35(30-19-11-26(2)12-20-30)33-7-5-6-8-34(33)36(38-37-35,31-21-13-27(3)14-22-31)32-23-15-28(4)16-24-32/h9-24,33-34H,5-8H2,1-4H3. The first kappa shape index (κ1) is 25.1. The zero-order valence-corrected chi connectivity index (χ0v) is 23.0. The average Bonchev–Trinajstić information content (AvgIpc) is 2.94. The summed E-state index contributed by atoms with van der Waals surface area (Å²) in [6, 6.07) is 35.6. The number of hydrogen-bond acceptors (Lipinski definition) is 2. The Morgan fingerprint density at radius 1 is 0.421 bits per heavy atom. The predicted octanol–water partition coefficient (Wildman–Crippen LogP) is 8.88. The van der Waals surface area contributed by atoms with Gasteiger partial charge in [-0.3, -0.25) is 0 Å². The van der Waals surface area contributed by atoms with Gasteiger partial charge in [0.05, 0.1) is 0 Å². The van der Waals surface area contributed by atoms with E-state index in [0.29, 0.717) is 0 Å². The van der Waals surface area contributed by atoms with E-state index in [1.807, 2.05) is 0 Å². The zero-order chi connectivity index (χ0) is 26.3. The highest BCUT2D eigenvalue weighted by Gasteiger charge is 2.61. The maximum Gasteiger partial charge on any atom is 0.157 e. The van der Waals surface area contributed by atoms with Crippen molar-refractivity contribution in [3.8, 4) is 0 Å². The average molecular weight is 503 g/mol. The van der Waals surface area contributed by atoms with Crippen molar-refractivity contribution in [1.82, 2.24) is 0 Å². The summed E-state index contributed by atoms with van der Waals surface area (Å²) < 4.78 is 0. The van der Waals surface area contributed by atoms with Crippen LogP contribution in [0.25, 0.3) is 0 Å². The molecule has 0 bridgehead atoms. The first-order chi connectivity index (χ1) is 18.4. The summed E-state index contributed by atoms with van der Waals surface area (Å²) >= 11 is 0. The Labute approximate surface area is 227 Å². The van der Waals surface area contributed by atoms with Crippen molar-refractivity contribution in [2.24, 2.45) is 11.8 Å². The third-order valence-electron chi connectivity index (χ3n) is 9.04. The Morgan fingerprint density at radius 2 is 0.658 bits per heavy atom. The van der Waals surface area contributed by atoms with Gasteiger partial charge in [-0.25, -0.2) is 9.78 Å². The monoisotopic (exact) mass is 502 g/mol. The van der Waals surface area contributed by atoms with E-state index in [4.69, 9.17) is 9.78 Å². The molecule has 1 saturated carbocycles. The van der Waals surface area contributed by atoms with Crippen molar-refractivity contribution in [3.63, 3.8) is 0 Å². The van der Waals surface area contributed by atoms with Crippen molar-refractivity contribution < 1.29 is 9.78 Å². The lowest BCUT2D eigenvalue weighted by molar-refractivity contribution is -0.464. The predicted molar refractivity (Wildman–Crippen MR) is 154 cm³/mol. The van der Waals surface area contributed by atoms with Crippen molar-refractivity contribution in [2.45, 2.75) is 64.6 Å². The van der Waals surface area contributed by atoms with Crippen LogP contribution in [0, 0.1) is 39.5 Å². The summed E-state index contributed by atoms with van der Waals surface area (Å²) in [5.74, 6) is 0.496. The smallest absolute Gasteiger partial charge is 0.157 e. The molecule has 4 aromatic carbocycles. The SMILES string of the molecule is Cc1ccc(C2(c3ccc(C)cc3)OOC(c3ccc(C)cc3)(c3ccc(C)cc3)C3CCCCC32)cc1. The molecular weight excluding hydrogens is 464 g/mol. The minimum Gasteiger partial charge on any atom is -0.219 e. The van der Waals surface area contributed by atoms with Gasteiger partial charge >= 0.3 is 0 Å². The van der Waals surface area contributed by atoms with E-state index in [1.54, 1.807) is 0 Å². The van der Waals surface area contributed by atoms with Gasteiger partial charge in [-0.05, 0) is 62.8 Å². The van der Waals surface area contributed by atoms with Gasteiger partial charge in [0.15, 0.2) is 11.2 Å². The minimum atomic E-state index is -0.675. The summed E-state index contributed by atoms with van der Waals surface area (Å²) in [7, 11) is 0. The minimum absolute atomic E-state index is 0.248. The van der Waals surface area contributed by atoms with Crippen molar-refractivity contribution >= 4 is 0 Å². The largest absolute Gasteiger partial charge is 0.219 e. The molecule has 2 fully saturated rings. The number of hydrogen-bond donors (Lipinski definition) is 0. The van der Waals surface area contributed by atoms with E-state index in [0.717, 1.165) is 12.8 Å². The second-order valence-electron chi connectivity index (χ2n) is 11.6. The lowest BCUT2D eigenvalue weighted by atomic mass is 9.57. The van der Waals surface area contributed by atoms with Crippen LogP contribution >= 0.6 is 0 Å². The first-order valence-corrected chi connectivity index (χ1v) is 14.1. The van der Waals surface area contributed by atoms with Crippen molar-refractivity contribution in [1.29, 1.82) is 0 Å². The molecule has 2 aliphatic rings. The van der Waals surface area contributed by atoms with E-state index in [2.05, 4.69) is 125 Å². The highest BCUT2D eigenvalue weighted by Crippen LogP contribution is 2.61. The van der Waals surface area contributed by atoms with Crippen LogP contribution in [-0.2, 0) is 21.0 Å². The van der Waals surface area contributed by atoms with E-state index in [-0.39, 0.29) is 11.8 Å². The molecule has 0 spiro atoms. The highest BCUT2D eigenvalue weighted by molar-refractivity contribution is 5.45. The topological polar surface area (TPSA) is 18.5 Å². The van der Waals surface area contributed by atoms with Crippen LogP contribution in [0.15, 0.2) is 97.1 Å². The van der Waals surface area contributed by atoms with Gasteiger partial charge < -0.3 is 0 Å². The molecule has 1 saturated heterocycles. The summed E-state index contributed by atoms with van der Waals surface area (Å²) in [5.41, 5.74) is 8.33. The van der Waals surface area contributed by atoms with E-state index in [9.17, 15) is 0 Å². The van der Waals surface area contributed by atoms with E-state index < -0.39 is 11.2 Å². The van der Waals surface area contributed by atoms with Gasteiger partial charge in [0.25, 0.3) is 0 Å². The maximum atomic E-state index is 6.97. The Balaban J connectivity index is 1.59. The van der Waals surface area contributed by atoms with Crippen LogP contribution < -0.4 is 0 Å². The molecule has 194 valence electrons. The molecule has 2 unspecified atom stereocenters. The first-order valence-electron chi connectivity index (χ1n) is 14.1. The molecular formula is C36H38O2. The Hall–Kier alpha value is -3.20. The van der Waals surface area contributed by atoms with Gasteiger partial charge in [-0.1, -0.05) is 132 Å². The molecule has 0 N–H and O–H groups in total. The molecule has 2 atom stereocenters. The molecule has 1 heterocycles. The van der Waals surface area contributed by atoms with Crippen LogP contribution in [0.4, 0.5) is 0 Å². The molecule has 4 aromatic rings. The van der Waals surface area contributed by atoms with E-state index >= 15 is 0 Å². The molecule has 2 nitrogen and oxygen atoms in total. The third-order valence-corrected chi connectivity index (χ3v) is 9.04. The zero-order valence-electron chi connectivity index (χ0n) is 23.0. The van der Waals surface area contributed by atoms with Crippen molar-refractivity contribution in [3.05, 3.63) is 142 Å². The Bertz CT molecular complexity index is 1180. The molecule has 2 heteroatoms. The normalized spacial score (nSPS) is 22.0. The van der Waals surface area contributed by atoms with Gasteiger partial charge in [0, 0.05) is 11.8 Å². The lowest BCUT2D eigenvalue weighted by Crippen LogP contribution is -2.58. The maximum absolute atomic E-state index is 6.97. The lowest BCUT2D eigenvalue weighted by Gasteiger charge is -2.57. The molecule has 0 aromatic heterocycles. The summed E-state index contributed by atoms with van der Waals surface area (Å²) in [5, 5.41) is 0. The Morgan fingerprint density at radius 3 is 0.895 bits per heavy atom. The third kappa shape index (κ3) is 4.02. The number of benzene rings is 4. The second kappa shape index (κ2) is 9.84. The number of aryl methyl sites for hydroxylation is 4. The quantitative estimate of drug-likeness (QED) is 0.259. The Kier molecular flexibility index (Phi) is 6.50. The highest BCUT2D eigenvalue weighted by atomic mass is 17.2. The summed E-state index contributed by atoms with van der Waals surface area (Å²) in [4.78, 5) is 13.9. The second-order valence-corrected chi connectivity index (χ2v) is 11.6. The molecule has 0 amide bonds. The molecule has 38 heavy (non-hydrogen) atoms. The molecule has 1 aliphatic heterocycles. The summed E-state index contributed by atoms with van der Waals surface area (Å²) in [6.07, 6.45) is 4.58. The fourth-order valence-electron chi connectivity index (χ4n) is 6.95. The summed E-state index contributed by atoms with van der Waals surface area (Å²) in [6.45, 7) is 8.57. The molecule has 6 rings (SSSR count). The van der Waals surface area contributed by atoms with Crippen molar-refractivity contribution in [2.75, 3.05) is 0 Å². The van der Waals surface area contributed by atoms with Crippen LogP contribution in [-0.4, -0.2) is 0 Å². The van der Waals surface area contributed by atoms with Crippen LogP contribution in [0.3, 0.4) is 0 Å². The van der Waals surface area contributed by atoms with Gasteiger partial charge in [0.2, 0.25) is 0 Å². The van der Waals surface area contributed by atoms with Gasteiger partial charge in [-0.15, -0.1) is 0 Å². The number of rotatable bonds is 4. The van der Waals surface area contributed by atoms with Gasteiger partial charge in [0.1, 0.15) is 0 Å². The van der Waals surface area contributed by atoms with Gasteiger partial charge in [-0.2, -0.15) is 0 Å².